The zero-order valence-corrected chi connectivity index (χ0v) is 9.26. The van der Waals surface area contributed by atoms with Crippen LogP contribution in [0.4, 0.5) is 0 Å². The van der Waals surface area contributed by atoms with E-state index in [2.05, 4.69) is 0 Å². The van der Waals surface area contributed by atoms with Crippen molar-refractivity contribution in [3.05, 3.63) is 0 Å². The van der Waals surface area contributed by atoms with Gasteiger partial charge in [-0.25, -0.2) is 0 Å². The number of ether oxygens (including phenoxy) is 3. The van der Waals surface area contributed by atoms with Gasteiger partial charge in [0.05, 0.1) is 18.6 Å². The number of methoxy groups -OCH3 is 1. The summed E-state index contributed by atoms with van der Waals surface area (Å²) in [5.41, 5.74) is 0. The summed E-state index contributed by atoms with van der Waals surface area (Å²) in [6, 6.07) is 0. The molecule has 1 aliphatic heterocycles. The summed E-state index contributed by atoms with van der Waals surface area (Å²) in [5, 5.41) is 0. The molecule has 0 aromatic heterocycles. The molecule has 2 aliphatic rings. The molecular weight excluding hydrogens is 204 g/mol. The van der Waals surface area contributed by atoms with E-state index in [1.165, 1.54) is 6.42 Å². The molecule has 82 valence electrons. The average molecular weight is 221 g/mol. The van der Waals surface area contributed by atoms with Crippen LogP contribution in [0.15, 0.2) is 0 Å². The normalized spacial score (nSPS) is 43.3. The van der Waals surface area contributed by atoms with Gasteiger partial charge in [0.15, 0.2) is 5.79 Å². The molecule has 0 aromatic rings. The van der Waals surface area contributed by atoms with Crippen LogP contribution in [0, 0.1) is 0 Å². The SMILES string of the molecule is COC1CCCCC12OCC(CCl)O2. The first-order chi connectivity index (χ1) is 6.80. The molecule has 0 radical (unpaired) electrons. The van der Waals surface area contributed by atoms with Gasteiger partial charge in [-0.15, -0.1) is 11.6 Å². The van der Waals surface area contributed by atoms with Gasteiger partial charge >= 0.3 is 0 Å². The maximum atomic E-state index is 5.86. The smallest absolute Gasteiger partial charge is 0.195 e. The molecule has 4 heteroatoms. The van der Waals surface area contributed by atoms with Gasteiger partial charge < -0.3 is 14.2 Å². The van der Waals surface area contributed by atoms with Gasteiger partial charge in [-0.05, 0) is 12.8 Å². The van der Waals surface area contributed by atoms with Gasteiger partial charge in [0.2, 0.25) is 0 Å². The predicted molar refractivity (Wildman–Crippen MR) is 53.5 cm³/mol. The van der Waals surface area contributed by atoms with Crippen LogP contribution in [-0.2, 0) is 14.2 Å². The molecule has 1 saturated carbocycles. The Morgan fingerprint density at radius 3 is 3.00 bits per heavy atom. The summed E-state index contributed by atoms with van der Waals surface area (Å²) in [5.74, 6) is 0.00470. The average Bonchev–Trinajstić information content (AvgIpc) is 2.63. The van der Waals surface area contributed by atoms with Crippen LogP contribution in [0.25, 0.3) is 0 Å². The van der Waals surface area contributed by atoms with Crippen molar-refractivity contribution >= 4 is 11.6 Å². The zero-order valence-electron chi connectivity index (χ0n) is 8.50. The second kappa shape index (κ2) is 4.35. The molecule has 3 nitrogen and oxygen atoms in total. The van der Waals surface area contributed by atoms with Crippen LogP contribution in [-0.4, -0.2) is 37.6 Å². The van der Waals surface area contributed by atoms with Crippen LogP contribution in [0.2, 0.25) is 0 Å². The lowest BCUT2D eigenvalue weighted by atomic mass is 9.91. The first-order valence-corrected chi connectivity index (χ1v) is 5.75. The molecule has 1 spiro atoms. The molecule has 1 saturated heterocycles. The zero-order chi connectivity index (χ0) is 10.0. The summed E-state index contributed by atoms with van der Waals surface area (Å²) in [6.45, 7) is 0.601. The molecule has 0 aromatic carbocycles. The van der Waals surface area contributed by atoms with Crippen molar-refractivity contribution in [2.45, 2.75) is 43.7 Å². The van der Waals surface area contributed by atoms with Crippen LogP contribution in [0.1, 0.15) is 25.7 Å². The van der Waals surface area contributed by atoms with Crippen molar-refractivity contribution in [1.29, 1.82) is 0 Å². The molecular formula is C10H17ClO3. The number of hydrogen-bond acceptors (Lipinski definition) is 3. The molecule has 1 heterocycles. The Labute approximate surface area is 89.7 Å². The number of rotatable bonds is 2. The van der Waals surface area contributed by atoms with E-state index >= 15 is 0 Å². The van der Waals surface area contributed by atoms with Gasteiger partial charge in [0, 0.05) is 13.5 Å². The van der Waals surface area contributed by atoms with Crippen LogP contribution in [0.3, 0.4) is 0 Å². The fourth-order valence-electron chi connectivity index (χ4n) is 2.34. The molecule has 0 N–H and O–H groups in total. The third-order valence-corrected chi connectivity index (χ3v) is 3.41. The highest BCUT2D eigenvalue weighted by Gasteiger charge is 2.49. The fraction of sp³-hybridized carbons (Fsp3) is 1.00. The molecule has 1 aliphatic carbocycles. The molecule has 2 rings (SSSR count). The summed E-state index contributed by atoms with van der Waals surface area (Å²) in [7, 11) is 1.72. The number of alkyl halides is 1. The van der Waals surface area contributed by atoms with E-state index in [1.807, 2.05) is 0 Å². The Bertz CT molecular complexity index is 200. The Balaban J connectivity index is 2.05. The van der Waals surface area contributed by atoms with Crippen molar-refractivity contribution < 1.29 is 14.2 Å². The lowest BCUT2D eigenvalue weighted by Gasteiger charge is -2.38. The van der Waals surface area contributed by atoms with Crippen molar-refractivity contribution in [2.24, 2.45) is 0 Å². The maximum absolute atomic E-state index is 5.86. The van der Waals surface area contributed by atoms with Crippen LogP contribution in [0.5, 0.6) is 0 Å². The van der Waals surface area contributed by atoms with Gasteiger partial charge in [0.1, 0.15) is 6.10 Å². The Morgan fingerprint density at radius 2 is 2.36 bits per heavy atom. The molecule has 3 unspecified atom stereocenters. The van der Waals surface area contributed by atoms with E-state index in [4.69, 9.17) is 25.8 Å². The third-order valence-electron chi connectivity index (χ3n) is 3.07. The maximum Gasteiger partial charge on any atom is 0.195 e. The van der Waals surface area contributed by atoms with Gasteiger partial charge in [-0.3, -0.25) is 0 Å². The largest absolute Gasteiger partial charge is 0.376 e. The third kappa shape index (κ3) is 1.78. The Kier molecular flexibility index (Phi) is 3.32. The minimum absolute atomic E-state index is 0.0346. The first-order valence-electron chi connectivity index (χ1n) is 5.21. The second-order valence-electron chi connectivity index (χ2n) is 3.99. The summed E-state index contributed by atoms with van der Waals surface area (Å²) < 4.78 is 17.0. The van der Waals surface area contributed by atoms with E-state index in [-0.39, 0.29) is 12.2 Å². The molecule has 14 heavy (non-hydrogen) atoms. The molecule has 0 bridgehead atoms. The van der Waals surface area contributed by atoms with Crippen molar-refractivity contribution in [3.63, 3.8) is 0 Å². The minimum Gasteiger partial charge on any atom is -0.376 e. The quantitative estimate of drug-likeness (QED) is 0.666. The molecule has 3 atom stereocenters. The fourth-order valence-corrected chi connectivity index (χ4v) is 2.49. The Hall–Kier alpha value is 0.170. The summed E-state index contributed by atoms with van der Waals surface area (Å²) >= 11 is 5.76. The van der Waals surface area contributed by atoms with Crippen LogP contribution < -0.4 is 0 Å². The lowest BCUT2D eigenvalue weighted by molar-refractivity contribution is -0.248. The van der Waals surface area contributed by atoms with Crippen LogP contribution >= 0.6 is 11.6 Å². The van der Waals surface area contributed by atoms with E-state index in [9.17, 15) is 0 Å². The molecule has 0 amide bonds. The van der Waals surface area contributed by atoms with Crippen molar-refractivity contribution in [1.82, 2.24) is 0 Å². The van der Waals surface area contributed by atoms with E-state index in [0.29, 0.717) is 12.5 Å². The van der Waals surface area contributed by atoms with Gasteiger partial charge in [-0.2, -0.15) is 0 Å². The number of hydrogen-bond donors (Lipinski definition) is 0. The topological polar surface area (TPSA) is 27.7 Å². The predicted octanol–water partition coefficient (Wildman–Crippen LogP) is 1.93. The van der Waals surface area contributed by atoms with Gasteiger partial charge in [-0.1, -0.05) is 6.42 Å². The van der Waals surface area contributed by atoms with Crippen molar-refractivity contribution in [2.75, 3.05) is 19.6 Å². The standard InChI is InChI=1S/C10H17ClO3/c1-12-9-4-2-3-5-10(9)13-7-8(6-11)14-10/h8-9H,2-7H2,1H3. The Morgan fingerprint density at radius 1 is 1.50 bits per heavy atom. The summed E-state index contributed by atoms with van der Waals surface area (Å²) in [6.07, 6.45) is 4.40. The summed E-state index contributed by atoms with van der Waals surface area (Å²) in [4.78, 5) is 0. The van der Waals surface area contributed by atoms with Gasteiger partial charge in [0.25, 0.3) is 0 Å². The highest BCUT2D eigenvalue weighted by Crippen LogP contribution is 2.39. The van der Waals surface area contributed by atoms with Crippen molar-refractivity contribution in [3.8, 4) is 0 Å². The minimum atomic E-state index is -0.493. The van der Waals surface area contributed by atoms with E-state index in [0.717, 1.165) is 19.3 Å². The van der Waals surface area contributed by atoms with E-state index in [1.54, 1.807) is 7.11 Å². The highest BCUT2D eigenvalue weighted by molar-refractivity contribution is 6.18. The highest BCUT2D eigenvalue weighted by atomic mass is 35.5. The molecule has 2 fully saturated rings. The second-order valence-corrected chi connectivity index (χ2v) is 4.30. The van der Waals surface area contributed by atoms with E-state index < -0.39 is 5.79 Å². The first kappa shape index (κ1) is 10.7. The monoisotopic (exact) mass is 220 g/mol. The number of halogens is 1. The lowest BCUT2D eigenvalue weighted by Crippen LogP contribution is -2.47.